The van der Waals surface area contributed by atoms with Crippen LogP contribution in [0.25, 0.3) is 0 Å². The lowest BCUT2D eigenvalue weighted by molar-refractivity contribution is -0.148. The van der Waals surface area contributed by atoms with Crippen LogP contribution in [0.1, 0.15) is 12.5 Å². The third-order valence-electron chi connectivity index (χ3n) is 3.12. The molecule has 1 saturated heterocycles. The van der Waals surface area contributed by atoms with E-state index in [0.717, 1.165) is 5.56 Å². The van der Waals surface area contributed by atoms with Crippen molar-refractivity contribution in [2.75, 3.05) is 19.7 Å². The second kappa shape index (κ2) is 7.44. The lowest BCUT2D eigenvalue weighted by Gasteiger charge is -2.13. The summed E-state index contributed by atoms with van der Waals surface area (Å²) in [6, 6.07) is 8.00. The first-order valence-corrected chi connectivity index (χ1v) is 7.01. The number of esters is 2. The standard InChI is InChI=1S/C15H18N2O5/c1-2-21-13(18)9-17-8-12(16-15(17)20)14(19)22-10-11-6-4-3-5-7-11/h3-7,12H,2,8-10H2,1H3,(H,16,20)/t12-/m0/s1. The van der Waals surface area contributed by atoms with Gasteiger partial charge in [0, 0.05) is 0 Å². The van der Waals surface area contributed by atoms with Crippen LogP contribution in [-0.2, 0) is 25.7 Å². The van der Waals surface area contributed by atoms with Gasteiger partial charge in [-0.15, -0.1) is 0 Å². The molecule has 1 N–H and O–H groups in total. The predicted molar refractivity (Wildman–Crippen MR) is 76.8 cm³/mol. The zero-order valence-corrected chi connectivity index (χ0v) is 12.3. The molecule has 1 aliphatic rings. The highest BCUT2D eigenvalue weighted by atomic mass is 16.5. The molecule has 1 atom stereocenters. The van der Waals surface area contributed by atoms with E-state index in [2.05, 4.69) is 5.32 Å². The minimum absolute atomic E-state index is 0.0886. The maximum absolute atomic E-state index is 11.9. The van der Waals surface area contributed by atoms with E-state index in [-0.39, 0.29) is 26.3 Å². The Morgan fingerprint density at radius 2 is 2.00 bits per heavy atom. The smallest absolute Gasteiger partial charge is 0.330 e. The van der Waals surface area contributed by atoms with Crippen molar-refractivity contribution in [3.05, 3.63) is 35.9 Å². The lowest BCUT2D eigenvalue weighted by Crippen LogP contribution is -2.35. The van der Waals surface area contributed by atoms with E-state index >= 15 is 0 Å². The second-order valence-corrected chi connectivity index (χ2v) is 4.78. The first-order valence-electron chi connectivity index (χ1n) is 7.01. The minimum Gasteiger partial charge on any atom is -0.465 e. The maximum atomic E-state index is 11.9. The van der Waals surface area contributed by atoms with Gasteiger partial charge in [-0.05, 0) is 12.5 Å². The quantitative estimate of drug-likeness (QED) is 0.782. The average molecular weight is 306 g/mol. The van der Waals surface area contributed by atoms with Crippen LogP contribution in [0.3, 0.4) is 0 Å². The number of nitrogens with zero attached hydrogens (tertiary/aromatic N) is 1. The Morgan fingerprint density at radius 3 is 2.68 bits per heavy atom. The summed E-state index contributed by atoms with van der Waals surface area (Å²) in [4.78, 5) is 36.2. The van der Waals surface area contributed by atoms with Gasteiger partial charge >= 0.3 is 18.0 Å². The molecule has 0 aromatic heterocycles. The molecule has 0 radical (unpaired) electrons. The van der Waals surface area contributed by atoms with E-state index in [1.807, 2.05) is 30.3 Å². The van der Waals surface area contributed by atoms with Gasteiger partial charge in [0.25, 0.3) is 0 Å². The van der Waals surface area contributed by atoms with Crippen molar-refractivity contribution in [2.45, 2.75) is 19.6 Å². The number of carbonyl (C=O) groups excluding carboxylic acids is 3. The number of benzene rings is 1. The van der Waals surface area contributed by atoms with Gasteiger partial charge in [-0.2, -0.15) is 0 Å². The monoisotopic (exact) mass is 306 g/mol. The molecule has 1 heterocycles. The van der Waals surface area contributed by atoms with Crippen LogP contribution < -0.4 is 5.32 Å². The minimum atomic E-state index is -0.773. The zero-order valence-electron chi connectivity index (χ0n) is 12.3. The molecule has 118 valence electrons. The van der Waals surface area contributed by atoms with E-state index in [1.165, 1.54) is 4.90 Å². The SMILES string of the molecule is CCOC(=O)CN1C[C@@H](C(=O)OCc2ccccc2)NC1=O. The molecule has 0 bridgehead atoms. The van der Waals surface area contributed by atoms with Crippen LogP contribution >= 0.6 is 0 Å². The van der Waals surface area contributed by atoms with E-state index in [1.54, 1.807) is 6.92 Å². The predicted octanol–water partition coefficient (Wildman–Crippen LogP) is 0.687. The van der Waals surface area contributed by atoms with Crippen LogP contribution in [-0.4, -0.2) is 48.6 Å². The fourth-order valence-corrected chi connectivity index (χ4v) is 2.05. The number of amides is 2. The molecular weight excluding hydrogens is 288 g/mol. The van der Waals surface area contributed by atoms with Gasteiger partial charge in [-0.1, -0.05) is 30.3 Å². The van der Waals surface area contributed by atoms with E-state index < -0.39 is 24.0 Å². The Labute approximate surface area is 128 Å². The van der Waals surface area contributed by atoms with Crippen LogP contribution in [0, 0.1) is 0 Å². The number of carbonyl (C=O) groups is 3. The molecule has 7 heteroatoms. The highest BCUT2D eigenvalue weighted by Gasteiger charge is 2.35. The molecule has 1 aromatic rings. The van der Waals surface area contributed by atoms with Crippen molar-refractivity contribution in [3.63, 3.8) is 0 Å². The van der Waals surface area contributed by atoms with Crippen molar-refractivity contribution in [2.24, 2.45) is 0 Å². The van der Waals surface area contributed by atoms with Crippen LogP contribution in [0.5, 0.6) is 0 Å². The number of hydrogen-bond acceptors (Lipinski definition) is 5. The van der Waals surface area contributed by atoms with Gasteiger partial charge in [0.05, 0.1) is 13.2 Å². The molecule has 1 fully saturated rings. The van der Waals surface area contributed by atoms with E-state index in [4.69, 9.17) is 9.47 Å². The fourth-order valence-electron chi connectivity index (χ4n) is 2.05. The molecule has 1 aliphatic heterocycles. The highest BCUT2D eigenvalue weighted by Crippen LogP contribution is 2.08. The largest absolute Gasteiger partial charge is 0.465 e. The van der Waals surface area contributed by atoms with Crippen molar-refractivity contribution >= 4 is 18.0 Å². The summed E-state index contributed by atoms with van der Waals surface area (Å²) in [7, 11) is 0. The molecular formula is C15H18N2O5. The molecule has 0 unspecified atom stereocenters. The average Bonchev–Trinajstić information content (AvgIpc) is 2.87. The fraction of sp³-hybridized carbons (Fsp3) is 0.400. The first-order chi connectivity index (χ1) is 10.6. The van der Waals surface area contributed by atoms with Gasteiger partial charge in [0.2, 0.25) is 0 Å². The summed E-state index contributed by atoms with van der Waals surface area (Å²) in [6.45, 7) is 1.99. The Bertz CT molecular complexity index is 546. The molecule has 2 amide bonds. The van der Waals surface area contributed by atoms with Gasteiger partial charge in [-0.25, -0.2) is 9.59 Å². The molecule has 0 saturated carbocycles. The molecule has 2 rings (SSSR count). The molecule has 0 spiro atoms. The first kappa shape index (κ1) is 15.8. The van der Waals surface area contributed by atoms with E-state index in [9.17, 15) is 14.4 Å². The third kappa shape index (κ3) is 4.21. The summed E-state index contributed by atoms with van der Waals surface area (Å²) in [5, 5.41) is 2.49. The maximum Gasteiger partial charge on any atom is 0.330 e. The van der Waals surface area contributed by atoms with Crippen molar-refractivity contribution in [1.29, 1.82) is 0 Å². The summed E-state index contributed by atoms with van der Waals surface area (Å²) < 4.78 is 9.94. The Balaban J connectivity index is 1.82. The summed E-state index contributed by atoms with van der Waals surface area (Å²) in [5.41, 5.74) is 0.864. The van der Waals surface area contributed by atoms with Gasteiger partial charge in [0.15, 0.2) is 0 Å². The number of nitrogens with one attached hydrogen (secondary N) is 1. The highest BCUT2D eigenvalue weighted by molar-refractivity contribution is 5.89. The van der Waals surface area contributed by atoms with Crippen molar-refractivity contribution < 1.29 is 23.9 Å². The molecule has 1 aromatic carbocycles. The summed E-state index contributed by atoms with van der Waals surface area (Å²) in [5.74, 6) is -1.03. The van der Waals surface area contributed by atoms with E-state index in [0.29, 0.717) is 0 Å². The van der Waals surface area contributed by atoms with Crippen LogP contribution in [0.15, 0.2) is 30.3 Å². The zero-order chi connectivity index (χ0) is 15.9. The number of urea groups is 1. The number of hydrogen-bond donors (Lipinski definition) is 1. The number of rotatable bonds is 6. The topological polar surface area (TPSA) is 84.9 Å². The normalized spacial score (nSPS) is 17.0. The van der Waals surface area contributed by atoms with Crippen LogP contribution in [0.2, 0.25) is 0 Å². The Hall–Kier alpha value is -2.57. The van der Waals surface area contributed by atoms with Gasteiger partial charge in [-0.3, -0.25) is 4.79 Å². The van der Waals surface area contributed by atoms with Crippen molar-refractivity contribution in [1.82, 2.24) is 10.2 Å². The van der Waals surface area contributed by atoms with Crippen molar-refractivity contribution in [3.8, 4) is 0 Å². The third-order valence-corrected chi connectivity index (χ3v) is 3.12. The summed E-state index contributed by atoms with van der Waals surface area (Å²) in [6.07, 6.45) is 0. The molecule has 7 nitrogen and oxygen atoms in total. The summed E-state index contributed by atoms with van der Waals surface area (Å²) >= 11 is 0. The Kier molecular flexibility index (Phi) is 5.35. The second-order valence-electron chi connectivity index (χ2n) is 4.78. The molecule has 22 heavy (non-hydrogen) atoms. The van der Waals surface area contributed by atoms with Gasteiger partial charge < -0.3 is 19.7 Å². The van der Waals surface area contributed by atoms with Gasteiger partial charge in [0.1, 0.15) is 19.2 Å². The Morgan fingerprint density at radius 1 is 1.27 bits per heavy atom. The number of ether oxygens (including phenoxy) is 2. The van der Waals surface area contributed by atoms with Crippen LogP contribution in [0.4, 0.5) is 4.79 Å². The molecule has 0 aliphatic carbocycles. The lowest BCUT2D eigenvalue weighted by atomic mass is 10.2.